The Kier molecular flexibility index (Phi) is 3.61. The highest BCUT2D eigenvalue weighted by Gasteiger charge is 2.09. The third-order valence-corrected chi connectivity index (χ3v) is 4.93. The van der Waals surface area contributed by atoms with E-state index in [2.05, 4.69) is 27.4 Å². The maximum Gasteiger partial charge on any atom is 0.251 e. The van der Waals surface area contributed by atoms with Crippen LogP contribution in [0.15, 0.2) is 79.1 Å². The average molecular weight is 351 g/mol. The van der Waals surface area contributed by atoms with Gasteiger partial charge in [-0.3, -0.25) is 9.78 Å². The van der Waals surface area contributed by atoms with Crippen molar-refractivity contribution in [2.45, 2.75) is 6.54 Å². The van der Waals surface area contributed by atoms with Crippen molar-refractivity contribution in [2.24, 2.45) is 0 Å². The molecule has 1 amide bonds. The Bertz CT molecular complexity index is 1300. The zero-order valence-electron chi connectivity index (χ0n) is 14.6. The Hall–Kier alpha value is -3.66. The van der Waals surface area contributed by atoms with Crippen LogP contribution >= 0.6 is 0 Å². The van der Waals surface area contributed by atoms with Gasteiger partial charge in [0.25, 0.3) is 5.91 Å². The lowest BCUT2D eigenvalue weighted by Gasteiger charge is -2.07. The van der Waals surface area contributed by atoms with E-state index in [0.717, 1.165) is 32.8 Å². The number of fused-ring (bicyclic) bond motifs is 4. The standard InChI is InChI=1S/C23H17N3O/c27-23(25-13-15-5-6-18-14-24-10-9-16(18)11-15)17-7-8-20-19-3-1-2-4-21(19)26-22(20)12-17/h1-12,14,26H,13H2,(H,25,27). The first-order valence-corrected chi connectivity index (χ1v) is 8.89. The molecule has 2 N–H and O–H groups in total. The van der Waals surface area contributed by atoms with Crippen molar-refractivity contribution in [2.75, 3.05) is 0 Å². The van der Waals surface area contributed by atoms with E-state index in [1.54, 1.807) is 6.20 Å². The van der Waals surface area contributed by atoms with Crippen molar-refractivity contribution in [1.29, 1.82) is 0 Å². The van der Waals surface area contributed by atoms with Gasteiger partial charge in [0.05, 0.1) is 0 Å². The molecule has 3 aromatic carbocycles. The second-order valence-corrected chi connectivity index (χ2v) is 6.67. The van der Waals surface area contributed by atoms with Crippen LogP contribution < -0.4 is 5.32 Å². The fraction of sp³-hybridized carbons (Fsp3) is 0.0435. The highest BCUT2D eigenvalue weighted by Crippen LogP contribution is 2.25. The molecule has 27 heavy (non-hydrogen) atoms. The Morgan fingerprint density at radius 1 is 0.889 bits per heavy atom. The van der Waals surface area contributed by atoms with E-state index in [1.165, 1.54) is 5.39 Å². The number of benzene rings is 3. The molecule has 0 aliphatic heterocycles. The van der Waals surface area contributed by atoms with Gasteiger partial charge in [-0.05, 0) is 41.3 Å². The average Bonchev–Trinajstić information content (AvgIpc) is 3.09. The predicted octanol–water partition coefficient (Wildman–Crippen LogP) is 4.80. The molecule has 2 heterocycles. The third-order valence-electron chi connectivity index (χ3n) is 4.93. The summed E-state index contributed by atoms with van der Waals surface area (Å²) in [6, 6.07) is 22.1. The molecule has 5 rings (SSSR count). The van der Waals surface area contributed by atoms with Crippen molar-refractivity contribution in [3.05, 3.63) is 90.3 Å². The Labute approximate surface area is 155 Å². The number of H-pyrrole nitrogens is 1. The number of para-hydroxylation sites is 1. The van der Waals surface area contributed by atoms with E-state index in [4.69, 9.17) is 0 Å². The molecule has 5 aromatic rings. The minimum Gasteiger partial charge on any atom is -0.354 e. The molecule has 0 bridgehead atoms. The largest absolute Gasteiger partial charge is 0.354 e. The summed E-state index contributed by atoms with van der Waals surface area (Å²) in [6.45, 7) is 0.488. The molecule has 0 saturated carbocycles. The van der Waals surface area contributed by atoms with E-state index >= 15 is 0 Å². The van der Waals surface area contributed by atoms with E-state index < -0.39 is 0 Å². The fourth-order valence-corrected chi connectivity index (χ4v) is 3.52. The minimum absolute atomic E-state index is 0.0784. The fourth-order valence-electron chi connectivity index (χ4n) is 3.52. The van der Waals surface area contributed by atoms with Crippen molar-refractivity contribution in [3.63, 3.8) is 0 Å². The first kappa shape index (κ1) is 15.6. The molecule has 0 atom stereocenters. The van der Waals surface area contributed by atoms with Gasteiger partial charge in [0.1, 0.15) is 0 Å². The van der Waals surface area contributed by atoms with Gasteiger partial charge in [0, 0.05) is 51.7 Å². The van der Waals surface area contributed by atoms with Crippen LogP contribution in [0.3, 0.4) is 0 Å². The Morgan fingerprint density at radius 3 is 2.74 bits per heavy atom. The van der Waals surface area contributed by atoms with E-state index in [0.29, 0.717) is 12.1 Å². The SMILES string of the molecule is O=C(NCc1ccc2cnccc2c1)c1ccc2c(c1)[nH]c1ccccc12. The quantitative estimate of drug-likeness (QED) is 0.490. The summed E-state index contributed by atoms with van der Waals surface area (Å²) in [6.07, 6.45) is 3.62. The van der Waals surface area contributed by atoms with Gasteiger partial charge in [-0.25, -0.2) is 0 Å². The number of aromatic nitrogens is 2. The highest BCUT2D eigenvalue weighted by atomic mass is 16.1. The topological polar surface area (TPSA) is 57.8 Å². The number of aromatic amines is 1. The second kappa shape index (κ2) is 6.25. The summed E-state index contributed by atoms with van der Waals surface area (Å²) >= 11 is 0. The van der Waals surface area contributed by atoms with Crippen LogP contribution in [0.25, 0.3) is 32.6 Å². The smallest absolute Gasteiger partial charge is 0.251 e. The first-order chi connectivity index (χ1) is 13.3. The van der Waals surface area contributed by atoms with E-state index in [1.807, 2.05) is 60.8 Å². The van der Waals surface area contributed by atoms with Gasteiger partial charge in [0.2, 0.25) is 0 Å². The van der Waals surface area contributed by atoms with Gasteiger partial charge < -0.3 is 10.3 Å². The number of amides is 1. The van der Waals surface area contributed by atoms with Crippen molar-refractivity contribution in [3.8, 4) is 0 Å². The highest BCUT2D eigenvalue weighted by molar-refractivity contribution is 6.09. The molecule has 0 fully saturated rings. The molecule has 2 aromatic heterocycles. The monoisotopic (exact) mass is 351 g/mol. The van der Waals surface area contributed by atoms with Crippen LogP contribution in [-0.2, 0) is 6.54 Å². The number of nitrogens with one attached hydrogen (secondary N) is 2. The van der Waals surface area contributed by atoms with Crippen LogP contribution in [0.4, 0.5) is 0 Å². The van der Waals surface area contributed by atoms with Crippen LogP contribution in [0, 0.1) is 0 Å². The summed E-state index contributed by atoms with van der Waals surface area (Å²) in [4.78, 5) is 20.1. The van der Waals surface area contributed by atoms with Gasteiger partial charge in [-0.15, -0.1) is 0 Å². The normalized spacial score (nSPS) is 11.3. The predicted molar refractivity (Wildman–Crippen MR) is 109 cm³/mol. The number of hydrogen-bond donors (Lipinski definition) is 2. The summed E-state index contributed by atoms with van der Waals surface area (Å²) in [7, 11) is 0. The third kappa shape index (κ3) is 2.81. The molecule has 0 radical (unpaired) electrons. The molecule has 0 spiro atoms. The van der Waals surface area contributed by atoms with Gasteiger partial charge in [-0.2, -0.15) is 0 Å². The molecule has 0 aliphatic carbocycles. The Balaban J connectivity index is 1.39. The van der Waals surface area contributed by atoms with Crippen molar-refractivity contribution >= 4 is 38.5 Å². The first-order valence-electron chi connectivity index (χ1n) is 8.89. The zero-order valence-corrected chi connectivity index (χ0v) is 14.6. The number of pyridine rings is 1. The maximum atomic E-state index is 12.6. The summed E-state index contributed by atoms with van der Waals surface area (Å²) in [5.41, 5.74) is 3.77. The summed E-state index contributed by atoms with van der Waals surface area (Å²) in [5.74, 6) is -0.0784. The maximum absolute atomic E-state index is 12.6. The molecule has 0 saturated heterocycles. The van der Waals surface area contributed by atoms with Crippen LogP contribution in [0.5, 0.6) is 0 Å². The zero-order chi connectivity index (χ0) is 18.2. The number of hydrogen-bond acceptors (Lipinski definition) is 2. The molecule has 0 unspecified atom stereocenters. The van der Waals surface area contributed by atoms with Gasteiger partial charge in [0.15, 0.2) is 0 Å². The molecule has 0 aliphatic rings. The van der Waals surface area contributed by atoms with E-state index in [9.17, 15) is 4.79 Å². The van der Waals surface area contributed by atoms with Crippen LogP contribution in [0.2, 0.25) is 0 Å². The molecule has 130 valence electrons. The van der Waals surface area contributed by atoms with Gasteiger partial charge in [-0.1, -0.05) is 36.4 Å². The number of carbonyl (C=O) groups is 1. The van der Waals surface area contributed by atoms with Crippen molar-refractivity contribution < 1.29 is 4.79 Å². The summed E-state index contributed by atoms with van der Waals surface area (Å²) in [5, 5.41) is 7.53. The van der Waals surface area contributed by atoms with Crippen molar-refractivity contribution in [1.82, 2.24) is 15.3 Å². The van der Waals surface area contributed by atoms with Gasteiger partial charge >= 0.3 is 0 Å². The van der Waals surface area contributed by atoms with Crippen LogP contribution in [-0.4, -0.2) is 15.9 Å². The molecular formula is C23H17N3O. The lowest BCUT2D eigenvalue weighted by atomic mass is 10.1. The summed E-state index contributed by atoms with van der Waals surface area (Å²) < 4.78 is 0. The Morgan fingerprint density at radius 2 is 1.78 bits per heavy atom. The molecular weight excluding hydrogens is 334 g/mol. The van der Waals surface area contributed by atoms with Crippen LogP contribution in [0.1, 0.15) is 15.9 Å². The molecule has 4 nitrogen and oxygen atoms in total. The minimum atomic E-state index is -0.0784. The number of carbonyl (C=O) groups excluding carboxylic acids is 1. The second-order valence-electron chi connectivity index (χ2n) is 6.67. The molecule has 4 heteroatoms. The lowest BCUT2D eigenvalue weighted by Crippen LogP contribution is -2.22. The number of rotatable bonds is 3. The lowest BCUT2D eigenvalue weighted by molar-refractivity contribution is 0.0951. The number of nitrogens with zero attached hydrogens (tertiary/aromatic N) is 1. The van der Waals surface area contributed by atoms with E-state index in [-0.39, 0.29) is 5.91 Å².